The molecule has 1 aliphatic heterocycles. The lowest BCUT2D eigenvalue weighted by molar-refractivity contribution is -0.126. The van der Waals surface area contributed by atoms with E-state index in [4.69, 9.17) is 0 Å². The Morgan fingerprint density at radius 1 is 1.10 bits per heavy atom. The number of benzene rings is 2. The third kappa shape index (κ3) is 5.81. The highest BCUT2D eigenvalue weighted by Crippen LogP contribution is 2.22. The smallest absolute Gasteiger partial charge is 0.261 e. The number of carbonyl (C=O) groups is 2. The fourth-order valence-corrected chi connectivity index (χ4v) is 4.51. The highest BCUT2D eigenvalue weighted by molar-refractivity contribution is 7.92. The summed E-state index contributed by atoms with van der Waals surface area (Å²) < 4.78 is 40.5. The van der Waals surface area contributed by atoms with E-state index in [9.17, 15) is 22.4 Å². The van der Waals surface area contributed by atoms with E-state index in [1.165, 1.54) is 18.2 Å². The van der Waals surface area contributed by atoms with Gasteiger partial charge in [-0.2, -0.15) is 0 Å². The first-order valence-corrected chi connectivity index (χ1v) is 11.7. The maximum atomic E-state index is 13.1. The van der Waals surface area contributed by atoms with Gasteiger partial charge in [0, 0.05) is 36.8 Å². The van der Waals surface area contributed by atoms with Crippen molar-refractivity contribution < 1.29 is 22.4 Å². The van der Waals surface area contributed by atoms with Gasteiger partial charge in [-0.15, -0.1) is 0 Å². The van der Waals surface area contributed by atoms with Crippen LogP contribution in [0.1, 0.15) is 36.5 Å². The van der Waals surface area contributed by atoms with Crippen molar-refractivity contribution in [1.29, 1.82) is 0 Å². The third-order valence-electron chi connectivity index (χ3n) is 5.19. The van der Waals surface area contributed by atoms with Gasteiger partial charge in [0.1, 0.15) is 5.82 Å². The van der Waals surface area contributed by atoms with Crippen LogP contribution in [0.2, 0.25) is 0 Å². The maximum Gasteiger partial charge on any atom is 0.261 e. The van der Waals surface area contributed by atoms with Crippen LogP contribution >= 0.6 is 0 Å². The molecule has 0 unspecified atom stereocenters. The van der Waals surface area contributed by atoms with Crippen molar-refractivity contribution in [2.75, 3.05) is 24.4 Å². The average molecular weight is 448 g/mol. The predicted octanol–water partition coefficient (Wildman–Crippen LogP) is 3.00. The lowest BCUT2D eigenvalue weighted by Gasteiger charge is -2.31. The number of carbonyl (C=O) groups excluding carboxylic acids is 2. The summed E-state index contributed by atoms with van der Waals surface area (Å²) in [5.41, 5.74) is 0.595. The van der Waals surface area contributed by atoms with E-state index in [2.05, 4.69) is 10.0 Å². The van der Waals surface area contributed by atoms with Gasteiger partial charge in [0.2, 0.25) is 5.91 Å². The van der Waals surface area contributed by atoms with Crippen molar-refractivity contribution in [3.05, 3.63) is 59.9 Å². The first-order valence-electron chi connectivity index (χ1n) is 10.3. The van der Waals surface area contributed by atoms with E-state index in [0.29, 0.717) is 38.0 Å². The summed E-state index contributed by atoms with van der Waals surface area (Å²) in [7, 11) is -3.91. The van der Waals surface area contributed by atoms with Crippen LogP contribution in [0.25, 0.3) is 0 Å². The van der Waals surface area contributed by atoms with Crippen molar-refractivity contribution in [2.45, 2.75) is 31.1 Å². The molecule has 7 nitrogen and oxygen atoms in total. The summed E-state index contributed by atoms with van der Waals surface area (Å²) >= 11 is 0. The van der Waals surface area contributed by atoms with Gasteiger partial charge < -0.3 is 10.2 Å². The minimum Gasteiger partial charge on any atom is -0.356 e. The predicted molar refractivity (Wildman–Crippen MR) is 116 cm³/mol. The maximum absolute atomic E-state index is 13.1. The van der Waals surface area contributed by atoms with Gasteiger partial charge >= 0.3 is 0 Å². The highest BCUT2D eigenvalue weighted by atomic mass is 32.2. The molecule has 0 spiro atoms. The molecular formula is C22H26FN3O4S. The quantitative estimate of drug-likeness (QED) is 0.682. The molecule has 1 aliphatic rings. The zero-order chi connectivity index (χ0) is 22.4. The van der Waals surface area contributed by atoms with Crippen LogP contribution in [-0.2, 0) is 14.8 Å². The van der Waals surface area contributed by atoms with E-state index in [0.717, 1.165) is 18.6 Å². The fourth-order valence-electron chi connectivity index (χ4n) is 3.46. The Balaban J connectivity index is 1.64. The second-order valence-corrected chi connectivity index (χ2v) is 9.18. The van der Waals surface area contributed by atoms with E-state index < -0.39 is 15.8 Å². The molecule has 31 heavy (non-hydrogen) atoms. The largest absolute Gasteiger partial charge is 0.356 e. The number of nitrogens with one attached hydrogen (secondary N) is 2. The summed E-state index contributed by atoms with van der Waals surface area (Å²) in [5.74, 6) is -0.802. The Kier molecular flexibility index (Phi) is 7.27. The molecule has 166 valence electrons. The first kappa shape index (κ1) is 22.7. The minimum atomic E-state index is -3.91. The molecule has 0 bridgehead atoms. The topological polar surface area (TPSA) is 95.6 Å². The molecular weight excluding hydrogens is 421 g/mol. The Labute approximate surface area is 181 Å². The van der Waals surface area contributed by atoms with Crippen molar-refractivity contribution in [2.24, 2.45) is 5.92 Å². The van der Waals surface area contributed by atoms with Gasteiger partial charge in [-0.1, -0.05) is 13.0 Å². The number of halogens is 1. The number of sulfonamides is 1. The molecule has 1 saturated heterocycles. The summed E-state index contributed by atoms with van der Waals surface area (Å²) in [5, 5.41) is 2.90. The van der Waals surface area contributed by atoms with Crippen LogP contribution in [0.5, 0.6) is 0 Å². The molecule has 1 fully saturated rings. The lowest BCUT2D eigenvalue weighted by Crippen LogP contribution is -2.43. The lowest BCUT2D eigenvalue weighted by atomic mass is 9.95. The fraction of sp³-hybridized carbons (Fsp3) is 0.364. The van der Waals surface area contributed by atoms with Crippen LogP contribution < -0.4 is 10.0 Å². The van der Waals surface area contributed by atoms with Crippen molar-refractivity contribution >= 4 is 27.5 Å². The van der Waals surface area contributed by atoms with Crippen molar-refractivity contribution in [3.8, 4) is 0 Å². The summed E-state index contributed by atoms with van der Waals surface area (Å²) in [6, 6.07) is 10.7. The molecule has 0 aliphatic carbocycles. The Morgan fingerprint density at radius 2 is 1.77 bits per heavy atom. The van der Waals surface area contributed by atoms with Gasteiger partial charge in [0.25, 0.3) is 15.9 Å². The van der Waals surface area contributed by atoms with Crippen molar-refractivity contribution in [1.82, 2.24) is 10.2 Å². The van der Waals surface area contributed by atoms with Crippen LogP contribution in [0.4, 0.5) is 10.1 Å². The molecule has 9 heteroatoms. The van der Waals surface area contributed by atoms with Crippen LogP contribution in [0, 0.1) is 11.7 Å². The highest BCUT2D eigenvalue weighted by Gasteiger charge is 2.27. The normalized spacial score (nSPS) is 14.8. The minimum absolute atomic E-state index is 0.0335. The molecule has 0 atom stereocenters. The second-order valence-electron chi connectivity index (χ2n) is 7.50. The van der Waals surface area contributed by atoms with Crippen LogP contribution in [-0.4, -0.2) is 44.8 Å². The Morgan fingerprint density at radius 3 is 2.42 bits per heavy atom. The average Bonchev–Trinajstić information content (AvgIpc) is 2.77. The second kappa shape index (κ2) is 9.91. The number of hydrogen-bond acceptors (Lipinski definition) is 4. The van der Waals surface area contributed by atoms with Gasteiger partial charge in [-0.3, -0.25) is 14.3 Å². The van der Waals surface area contributed by atoms with Gasteiger partial charge in [-0.25, -0.2) is 12.8 Å². The first-order chi connectivity index (χ1) is 14.8. The van der Waals surface area contributed by atoms with E-state index >= 15 is 0 Å². The number of likely N-dealkylation sites (tertiary alicyclic amines) is 1. The molecule has 2 aromatic rings. The van der Waals surface area contributed by atoms with Gasteiger partial charge in [-0.05, 0) is 61.7 Å². The molecule has 1 heterocycles. The number of piperidine rings is 1. The standard InChI is InChI=1S/C22H26FN3O4S/c1-2-12-24-21(27)16-10-13-26(14-11-16)22(28)17-4-3-5-19(15-17)25-31(29,30)20-8-6-18(23)7-9-20/h3-9,15-16,25H,2,10-14H2,1H3,(H,24,27). The zero-order valence-corrected chi connectivity index (χ0v) is 18.1. The van der Waals surface area contributed by atoms with Crippen LogP contribution in [0.3, 0.4) is 0 Å². The summed E-state index contributed by atoms with van der Waals surface area (Å²) in [6.45, 7) is 3.58. The van der Waals surface area contributed by atoms with E-state index in [-0.39, 0.29) is 28.3 Å². The number of anilines is 1. The van der Waals surface area contributed by atoms with Gasteiger partial charge in [0.15, 0.2) is 0 Å². The zero-order valence-electron chi connectivity index (χ0n) is 17.3. The molecule has 2 aromatic carbocycles. The molecule has 0 saturated carbocycles. The molecule has 2 N–H and O–H groups in total. The van der Waals surface area contributed by atoms with E-state index in [1.807, 2.05) is 6.92 Å². The molecule has 0 radical (unpaired) electrons. The number of rotatable bonds is 7. The molecule has 3 rings (SSSR count). The Bertz CT molecular complexity index is 1030. The number of nitrogens with zero attached hydrogens (tertiary/aromatic N) is 1. The SMILES string of the molecule is CCCNC(=O)C1CCN(C(=O)c2cccc(NS(=O)(=O)c3ccc(F)cc3)c2)CC1. The van der Waals surface area contributed by atoms with Gasteiger partial charge in [0.05, 0.1) is 4.90 Å². The summed E-state index contributed by atoms with van der Waals surface area (Å²) in [4.78, 5) is 26.6. The van der Waals surface area contributed by atoms with Crippen molar-refractivity contribution in [3.63, 3.8) is 0 Å². The summed E-state index contributed by atoms with van der Waals surface area (Å²) in [6.07, 6.45) is 2.07. The molecule has 2 amide bonds. The monoisotopic (exact) mass is 447 g/mol. The molecule has 0 aromatic heterocycles. The third-order valence-corrected chi connectivity index (χ3v) is 6.59. The van der Waals surface area contributed by atoms with E-state index in [1.54, 1.807) is 23.1 Å². The van der Waals surface area contributed by atoms with Crippen LogP contribution in [0.15, 0.2) is 53.4 Å². The Hall–Kier alpha value is -2.94. The number of amides is 2. The number of hydrogen-bond donors (Lipinski definition) is 2.